The van der Waals surface area contributed by atoms with Crippen molar-refractivity contribution < 1.29 is 14.4 Å². The molecule has 0 atom stereocenters. The molecule has 2 rings (SSSR count). The first kappa shape index (κ1) is 20.2. The van der Waals surface area contributed by atoms with Crippen molar-refractivity contribution in [1.82, 2.24) is 9.80 Å². The number of nitrogens with one attached hydrogen (secondary N) is 1. The minimum atomic E-state index is -0.317. The first-order valence-electron chi connectivity index (χ1n) is 7.20. The van der Waals surface area contributed by atoms with E-state index in [1.54, 1.807) is 13.1 Å². The van der Waals surface area contributed by atoms with Gasteiger partial charge >= 0.3 is 6.03 Å². The average Bonchev–Trinajstić information content (AvgIpc) is 2.70. The molecule has 0 radical (unpaired) electrons. The van der Waals surface area contributed by atoms with E-state index in [0.717, 1.165) is 10.0 Å². The summed E-state index contributed by atoms with van der Waals surface area (Å²) >= 11 is 3.36. The average molecular weight is 420 g/mol. The van der Waals surface area contributed by atoms with Crippen molar-refractivity contribution in [3.8, 4) is 0 Å². The monoisotopic (exact) mass is 418 g/mol. The third-order valence-electron chi connectivity index (χ3n) is 3.64. The van der Waals surface area contributed by atoms with E-state index in [9.17, 15) is 14.4 Å². The van der Waals surface area contributed by atoms with Gasteiger partial charge in [-0.1, -0.05) is 15.9 Å². The van der Waals surface area contributed by atoms with Gasteiger partial charge in [0.05, 0.1) is 11.4 Å². The summed E-state index contributed by atoms with van der Waals surface area (Å²) in [6.07, 6.45) is 0.607. The normalized spacial score (nSPS) is 14.0. The summed E-state index contributed by atoms with van der Waals surface area (Å²) in [6, 6.07) is 3.29. The van der Waals surface area contributed by atoms with Crippen LogP contribution in [0.3, 0.4) is 0 Å². The fourth-order valence-electron chi connectivity index (χ4n) is 2.36. The van der Waals surface area contributed by atoms with Gasteiger partial charge in [-0.05, 0) is 31.0 Å². The highest BCUT2D eigenvalue weighted by Crippen LogP contribution is 2.27. The number of anilines is 2. The zero-order valence-electron chi connectivity index (χ0n) is 13.5. The fraction of sp³-hybridized carbons (Fsp3) is 0.400. The molecule has 7 nitrogen and oxygen atoms in total. The van der Waals surface area contributed by atoms with Gasteiger partial charge in [0.25, 0.3) is 0 Å². The van der Waals surface area contributed by atoms with Gasteiger partial charge in [-0.15, -0.1) is 12.4 Å². The lowest BCUT2D eigenvalue weighted by Gasteiger charge is -2.14. The predicted octanol–water partition coefficient (Wildman–Crippen LogP) is 2.37. The van der Waals surface area contributed by atoms with E-state index in [2.05, 4.69) is 21.2 Å². The highest BCUT2D eigenvalue weighted by atomic mass is 79.9. The van der Waals surface area contributed by atoms with Crippen molar-refractivity contribution in [2.24, 2.45) is 0 Å². The molecule has 1 fully saturated rings. The van der Waals surface area contributed by atoms with Crippen molar-refractivity contribution in [1.29, 1.82) is 0 Å². The van der Waals surface area contributed by atoms with Gasteiger partial charge in [-0.2, -0.15) is 0 Å². The molecule has 1 aromatic rings. The molecular formula is C15H20BrClN4O3. The number of nitrogen functional groups attached to an aromatic ring is 1. The van der Waals surface area contributed by atoms with Crippen molar-refractivity contribution in [3.63, 3.8) is 0 Å². The van der Waals surface area contributed by atoms with Gasteiger partial charge in [-0.25, -0.2) is 4.79 Å². The van der Waals surface area contributed by atoms with E-state index >= 15 is 0 Å². The van der Waals surface area contributed by atoms with Crippen LogP contribution in [0.15, 0.2) is 16.6 Å². The lowest BCUT2D eigenvalue weighted by molar-refractivity contribution is -0.125. The van der Waals surface area contributed by atoms with E-state index in [-0.39, 0.29) is 49.8 Å². The third kappa shape index (κ3) is 4.61. The van der Waals surface area contributed by atoms with Crippen molar-refractivity contribution in [2.45, 2.75) is 19.8 Å². The van der Waals surface area contributed by atoms with Crippen LogP contribution in [0.25, 0.3) is 0 Å². The molecule has 0 bridgehead atoms. The minimum absolute atomic E-state index is 0. The number of hydrogen-bond donors (Lipinski definition) is 2. The second kappa shape index (κ2) is 8.34. The lowest BCUT2D eigenvalue weighted by Crippen LogP contribution is -2.32. The molecule has 9 heteroatoms. The molecule has 1 aliphatic rings. The van der Waals surface area contributed by atoms with Gasteiger partial charge in [0.1, 0.15) is 6.54 Å². The summed E-state index contributed by atoms with van der Waals surface area (Å²) in [5.74, 6) is -0.439. The Labute approximate surface area is 155 Å². The van der Waals surface area contributed by atoms with E-state index in [1.165, 1.54) is 9.80 Å². The quantitative estimate of drug-likeness (QED) is 0.566. The Hall–Kier alpha value is -1.80. The first-order valence-corrected chi connectivity index (χ1v) is 8.00. The molecule has 132 valence electrons. The predicted molar refractivity (Wildman–Crippen MR) is 98.1 cm³/mol. The number of nitrogens with zero attached hydrogens (tertiary/aromatic N) is 2. The summed E-state index contributed by atoms with van der Waals surface area (Å²) in [5, 5.41) is 2.76. The largest absolute Gasteiger partial charge is 0.397 e. The molecule has 0 aliphatic carbocycles. The van der Waals surface area contributed by atoms with Crippen molar-refractivity contribution >= 4 is 57.6 Å². The highest BCUT2D eigenvalue weighted by Gasteiger charge is 2.32. The zero-order valence-corrected chi connectivity index (χ0v) is 15.9. The van der Waals surface area contributed by atoms with E-state index in [4.69, 9.17) is 5.73 Å². The number of benzene rings is 1. The Bertz CT molecular complexity index is 668. The van der Waals surface area contributed by atoms with Crippen LogP contribution in [0.1, 0.15) is 18.4 Å². The maximum Gasteiger partial charge on any atom is 0.326 e. The highest BCUT2D eigenvalue weighted by molar-refractivity contribution is 9.10. The summed E-state index contributed by atoms with van der Waals surface area (Å²) < 4.78 is 0.829. The number of hydrogen-bond acceptors (Lipinski definition) is 4. The number of rotatable bonds is 5. The SMILES string of the molecule is Cc1cc(Br)cc(NC(=O)CCCN2C(=O)CN(C)C2=O)c1N.Cl. The third-order valence-corrected chi connectivity index (χ3v) is 4.10. The van der Waals surface area contributed by atoms with E-state index in [0.29, 0.717) is 17.8 Å². The molecule has 1 heterocycles. The maximum atomic E-state index is 12.0. The molecule has 0 spiro atoms. The molecule has 0 aromatic heterocycles. The number of nitrogens with two attached hydrogens (primary N) is 1. The molecule has 0 saturated carbocycles. The molecule has 3 N–H and O–H groups in total. The lowest BCUT2D eigenvalue weighted by atomic mass is 10.1. The van der Waals surface area contributed by atoms with Crippen LogP contribution in [-0.4, -0.2) is 47.8 Å². The molecule has 0 unspecified atom stereocenters. The van der Waals surface area contributed by atoms with Crippen LogP contribution in [0.2, 0.25) is 0 Å². The Morgan fingerprint density at radius 3 is 2.62 bits per heavy atom. The van der Waals surface area contributed by atoms with Gasteiger partial charge in [-0.3, -0.25) is 14.5 Å². The Balaban J connectivity index is 0.00000288. The summed E-state index contributed by atoms with van der Waals surface area (Å²) in [5.41, 5.74) is 7.88. The van der Waals surface area contributed by atoms with Crippen LogP contribution in [0.5, 0.6) is 0 Å². The molecule has 1 aliphatic heterocycles. The molecule has 1 saturated heterocycles. The van der Waals surface area contributed by atoms with E-state index < -0.39 is 0 Å². The van der Waals surface area contributed by atoms with Gasteiger partial charge in [0.15, 0.2) is 0 Å². The van der Waals surface area contributed by atoms with Crippen LogP contribution in [-0.2, 0) is 9.59 Å². The summed E-state index contributed by atoms with van der Waals surface area (Å²) in [6.45, 7) is 2.19. The van der Waals surface area contributed by atoms with Crippen LogP contribution in [0, 0.1) is 6.92 Å². The molecule has 4 amide bonds. The first-order chi connectivity index (χ1) is 10.8. The maximum absolute atomic E-state index is 12.0. The number of imide groups is 1. The second-order valence-electron chi connectivity index (χ2n) is 5.52. The number of aryl methyl sites for hydroxylation is 1. The van der Waals surface area contributed by atoms with Crippen LogP contribution >= 0.6 is 28.3 Å². The zero-order chi connectivity index (χ0) is 17.1. The van der Waals surface area contributed by atoms with Gasteiger partial charge in [0, 0.05) is 24.5 Å². The standard InChI is InChI=1S/C15H19BrN4O3.ClH/c1-9-6-10(16)7-11(14(9)17)18-12(21)4-3-5-20-13(22)8-19(2)15(20)23;/h6-7H,3-5,8,17H2,1-2H3,(H,18,21);1H. The van der Waals surface area contributed by atoms with Gasteiger partial charge in [0.2, 0.25) is 11.8 Å². The Kier molecular flexibility index (Phi) is 7.04. The summed E-state index contributed by atoms with van der Waals surface area (Å²) in [7, 11) is 1.57. The van der Waals surface area contributed by atoms with Crippen LogP contribution < -0.4 is 11.1 Å². The Morgan fingerprint density at radius 2 is 2.04 bits per heavy atom. The number of halogens is 2. The van der Waals surface area contributed by atoms with Crippen molar-refractivity contribution in [2.75, 3.05) is 31.2 Å². The molecular weight excluding hydrogens is 400 g/mol. The van der Waals surface area contributed by atoms with Gasteiger partial charge < -0.3 is 16.0 Å². The van der Waals surface area contributed by atoms with Crippen molar-refractivity contribution in [3.05, 3.63) is 22.2 Å². The number of urea groups is 1. The molecule has 1 aromatic carbocycles. The molecule has 24 heavy (non-hydrogen) atoms. The number of amides is 4. The number of likely N-dealkylation sites (N-methyl/N-ethyl adjacent to an activating group) is 1. The van der Waals surface area contributed by atoms with Crippen LogP contribution in [0.4, 0.5) is 16.2 Å². The number of carbonyl (C=O) groups is 3. The minimum Gasteiger partial charge on any atom is -0.397 e. The fourth-order valence-corrected chi connectivity index (χ4v) is 2.93. The summed E-state index contributed by atoms with van der Waals surface area (Å²) in [4.78, 5) is 37.9. The smallest absolute Gasteiger partial charge is 0.326 e. The number of carbonyl (C=O) groups excluding carboxylic acids is 3. The van der Waals surface area contributed by atoms with E-state index in [1.807, 2.05) is 13.0 Å². The second-order valence-corrected chi connectivity index (χ2v) is 6.44. The topological polar surface area (TPSA) is 95.7 Å². The Morgan fingerprint density at radius 1 is 1.38 bits per heavy atom.